The van der Waals surface area contributed by atoms with Crippen molar-refractivity contribution in [3.63, 3.8) is 0 Å². The summed E-state index contributed by atoms with van der Waals surface area (Å²) in [4.78, 5) is 10.9. The van der Waals surface area contributed by atoms with Crippen LogP contribution in [0.1, 0.15) is 110 Å². The minimum Gasteiger partial charge on any atom is -0.481 e. The second kappa shape index (κ2) is 17.8. The van der Waals surface area contributed by atoms with Gasteiger partial charge in [-0.25, -0.2) is 0 Å². The lowest BCUT2D eigenvalue weighted by Gasteiger charge is -2.14. The maximum atomic E-state index is 10.9. The highest BCUT2D eigenvalue weighted by molar-refractivity contribution is 5.66. The van der Waals surface area contributed by atoms with E-state index < -0.39 is 5.97 Å². The lowest BCUT2D eigenvalue weighted by atomic mass is 9.92. The topological polar surface area (TPSA) is 63.3 Å². The van der Waals surface area contributed by atoms with Crippen LogP contribution in [0.2, 0.25) is 0 Å². The van der Waals surface area contributed by atoms with E-state index in [2.05, 4.69) is 6.92 Å². The summed E-state index contributed by atoms with van der Waals surface area (Å²) in [6, 6.07) is 0. The van der Waals surface area contributed by atoms with Gasteiger partial charge in [0.25, 0.3) is 0 Å². The second-order valence-electron chi connectivity index (χ2n) is 7.07. The number of nitrogens with two attached hydrogens (primary N) is 1. The summed E-state index contributed by atoms with van der Waals surface area (Å²) in [7, 11) is 0. The van der Waals surface area contributed by atoms with E-state index in [0.29, 0.717) is 12.3 Å². The Bertz CT molecular complexity index is 256. The molecule has 0 aliphatic heterocycles. The zero-order chi connectivity index (χ0) is 17.2. The van der Waals surface area contributed by atoms with Crippen LogP contribution < -0.4 is 5.73 Å². The zero-order valence-corrected chi connectivity index (χ0v) is 15.5. The van der Waals surface area contributed by atoms with E-state index in [-0.39, 0.29) is 0 Å². The molecule has 23 heavy (non-hydrogen) atoms. The number of aliphatic carboxylic acids is 1. The highest BCUT2D eigenvalue weighted by Crippen LogP contribution is 2.21. The maximum Gasteiger partial charge on any atom is 0.303 e. The standard InChI is InChI=1S/C20H41NO2/c1-2-3-4-5-6-7-8-9-10-11-12-15-19(18-20(22)23)16-13-14-17-21/h19H,2-18,21H2,1H3,(H,22,23). The van der Waals surface area contributed by atoms with Gasteiger partial charge in [-0.1, -0.05) is 84.0 Å². The Morgan fingerprint density at radius 1 is 0.783 bits per heavy atom. The van der Waals surface area contributed by atoms with Crippen molar-refractivity contribution in [1.82, 2.24) is 0 Å². The molecule has 0 rings (SSSR count). The van der Waals surface area contributed by atoms with Crippen LogP contribution in [0.3, 0.4) is 0 Å². The normalized spacial score (nSPS) is 12.4. The number of carboxylic acid groups (broad SMARTS) is 1. The first-order valence-electron chi connectivity index (χ1n) is 10.1. The van der Waals surface area contributed by atoms with Gasteiger partial charge < -0.3 is 10.8 Å². The molecule has 0 aliphatic rings. The van der Waals surface area contributed by atoms with Gasteiger partial charge in [0, 0.05) is 6.42 Å². The van der Waals surface area contributed by atoms with E-state index in [1.165, 1.54) is 70.6 Å². The average molecular weight is 328 g/mol. The number of hydrogen-bond donors (Lipinski definition) is 2. The molecular formula is C20H41NO2. The average Bonchev–Trinajstić information content (AvgIpc) is 2.52. The first-order chi connectivity index (χ1) is 11.2. The minimum absolute atomic E-state index is 0.336. The Labute approximate surface area is 144 Å². The third kappa shape index (κ3) is 17.6. The molecule has 0 saturated carbocycles. The Kier molecular flexibility index (Phi) is 17.3. The first-order valence-corrected chi connectivity index (χ1v) is 10.1. The molecule has 3 N–H and O–H groups in total. The highest BCUT2D eigenvalue weighted by Gasteiger charge is 2.12. The van der Waals surface area contributed by atoms with Gasteiger partial charge in [0.15, 0.2) is 0 Å². The van der Waals surface area contributed by atoms with Gasteiger partial charge in [-0.2, -0.15) is 0 Å². The fourth-order valence-corrected chi connectivity index (χ4v) is 3.27. The molecule has 3 heteroatoms. The van der Waals surface area contributed by atoms with Crippen molar-refractivity contribution in [2.45, 2.75) is 110 Å². The molecule has 0 saturated heterocycles. The lowest BCUT2D eigenvalue weighted by molar-refractivity contribution is -0.138. The molecule has 0 spiro atoms. The molecule has 0 aromatic rings. The number of unbranched alkanes of at least 4 members (excludes halogenated alkanes) is 11. The summed E-state index contributed by atoms with van der Waals surface area (Å²) < 4.78 is 0. The summed E-state index contributed by atoms with van der Waals surface area (Å²) in [6.07, 6.45) is 19.4. The van der Waals surface area contributed by atoms with Crippen LogP contribution >= 0.6 is 0 Å². The summed E-state index contributed by atoms with van der Waals surface area (Å²) in [6.45, 7) is 2.98. The molecule has 0 aromatic carbocycles. The van der Waals surface area contributed by atoms with Gasteiger partial charge in [0.05, 0.1) is 0 Å². The van der Waals surface area contributed by atoms with E-state index in [4.69, 9.17) is 10.8 Å². The fraction of sp³-hybridized carbons (Fsp3) is 0.950. The Balaban J connectivity index is 3.45. The van der Waals surface area contributed by atoms with Crippen molar-refractivity contribution in [3.8, 4) is 0 Å². The Morgan fingerprint density at radius 2 is 1.22 bits per heavy atom. The number of rotatable bonds is 18. The molecule has 0 amide bonds. The van der Waals surface area contributed by atoms with Crippen molar-refractivity contribution >= 4 is 5.97 Å². The largest absolute Gasteiger partial charge is 0.481 e. The van der Waals surface area contributed by atoms with Crippen LogP contribution in [0.25, 0.3) is 0 Å². The predicted octanol–water partition coefficient (Wildman–Crippen LogP) is 5.91. The SMILES string of the molecule is CCCCCCCCCCCCCC(CCCCN)CC(=O)O. The summed E-state index contributed by atoms with van der Waals surface area (Å²) in [5, 5.41) is 8.99. The van der Waals surface area contributed by atoms with Gasteiger partial charge in [0.2, 0.25) is 0 Å². The van der Waals surface area contributed by atoms with Crippen molar-refractivity contribution < 1.29 is 9.90 Å². The number of carbonyl (C=O) groups is 1. The lowest BCUT2D eigenvalue weighted by Crippen LogP contribution is -2.09. The maximum absolute atomic E-state index is 10.9. The van der Waals surface area contributed by atoms with Crippen LogP contribution in [0.4, 0.5) is 0 Å². The third-order valence-electron chi connectivity index (χ3n) is 4.75. The molecule has 0 heterocycles. The van der Waals surface area contributed by atoms with Crippen LogP contribution in [0.15, 0.2) is 0 Å². The fourth-order valence-electron chi connectivity index (χ4n) is 3.27. The summed E-state index contributed by atoms with van der Waals surface area (Å²) >= 11 is 0. The molecule has 0 aromatic heterocycles. The van der Waals surface area contributed by atoms with E-state index in [0.717, 1.165) is 32.2 Å². The summed E-state index contributed by atoms with van der Waals surface area (Å²) in [5.41, 5.74) is 5.51. The predicted molar refractivity (Wildman–Crippen MR) is 99.7 cm³/mol. The molecule has 0 radical (unpaired) electrons. The smallest absolute Gasteiger partial charge is 0.303 e. The monoisotopic (exact) mass is 327 g/mol. The van der Waals surface area contributed by atoms with Gasteiger partial charge in [-0.3, -0.25) is 4.79 Å². The first kappa shape index (κ1) is 22.4. The molecular weight excluding hydrogens is 286 g/mol. The van der Waals surface area contributed by atoms with Gasteiger partial charge in [-0.15, -0.1) is 0 Å². The van der Waals surface area contributed by atoms with Crippen LogP contribution in [0, 0.1) is 5.92 Å². The summed E-state index contributed by atoms with van der Waals surface area (Å²) in [5.74, 6) is -0.288. The molecule has 138 valence electrons. The van der Waals surface area contributed by atoms with Crippen molar-refractivity contribution in [2.75, 3.05) is 6.54 Å². The van der Waals surface area contributed by atoms with Crippen molar-refractivity contribution in [1.29, 1.82) is 0 Å². The van der Waals surface area contributed by atoms with Crippen molar-refractivity contribution in [3.05, 3.63) is 0 Å². The van der Waals surface area contributed by atoms with Crippen molar-refractivity contribution in [2.24, 2.45) is 11.7 Å². The molecule has 1 atom stereocenters. The molecule has 1 unspecified atom stereocenters. The Morgan fingerprint density at radius 3 is 1.65 bits per heavy atom. The molecule has 0 bridgehead atoms. The van der Waals surface area contributed by atoms with Crippen LogP contribution in [-0.2, 0) is 4.79 Å². The van der Waals surface area contributed by atoms with E-state index in [1.54, 1.807) is 0 Å². The minimum atomic E-state index is -0.647. The van der Waals surface area contributed by atoms with Crippen LogP contribution in [-0.4, -0.2) is 17.6 Å². The third-order valence-corrected chi connectivity index (χ3v) is 4.75. The van der Waals surface area contributed by atoms with Gasteiger partial charge in [0.1, 0.15) is 0 Å². The number of hydrogen-bond acceptors (Lipinski definition) is 2. The van der Waals surface area contributed by atoms with Crippen LogP contribution in [0.5, 0.6) is 0 Å². The highest BCUT2D eigenvalue weighted by atomic mass is 16.4. The van der Waals surface area contributed by atoms with E-state index >= 15 is 0 Å². The van der Waals surface area contributed by atoms with E-state index in [1.807, 2.05) is 0 Å². The van der Waals surface area contributed by atoms with Gasteiger partial charge in [-0.05, 0) is 31.7 Å². The zero-order valence-electron chi connectivity index (χ0n) is 15.5. The second-order valence-corrected chi connectivity index (χ2v) is 7.07. The molecule has 3 nitrogen and oxygen atoms in total. The molecule has 0 aliphatic carbocycles. The molecule has 0 fully saturated rings. The quantitative estimate of drug-likeness (QED) is 0.308. The van der Waals surface area contributed by atoms with E-state index in [9.17, 15) is 4.79 Å². The number of carboxylic acids is 1. The van der Waals surface area contributed by atoms with Gasteiger partial charge >= 0.3 is 5.97 Å². The Hall–Kier alpha value is -0.570.